The first-order valence-corrected chi connectivity index (χ1v) is 7.77. The molecule has 0 radical (unpaired) electrons. The van der Waals surface area contributed by atoms with E-state index >= 15 is 0 Å². The Labute approximate surface area is 131 Å². The van der Waals surface area contributed by atoms with E-state index in [4.69, 9.17) is 16.3 Å². The summed E-state index contributed by atoms with van der Waals surface area (Å²) in [6.07, 6.45) is 0.715. The standard InChI is InChI=1S/C14H14ClN3O2S/c15-13-12(9-19)21-14(17-13)16-10-1-3-11(4-2-10)18-5-7-20-8-6-18/h1-4,9H,5-8H2,(H,16,17). The van der Waals surface area contributed by atoms with E-state index in [1.807, 2.05) is 12.1 Å². The van der Waals surface area contributed by atoms with Gasteiger partial charge in [-0.25, -0.2) is 4.98 Å². The molecule has 1 aromatic heterocycles. The average Bonchev–Trinajstić information content (AvgIpc) is 2.88. The molecule has 21 heavy (non-hydrogen) atoms. The zero-order valence-electron chi connectivity index (χ0n) is 11.2. The summed E-state index contributed by atoms with van der Waals surface area (Å²) in [5.41, 5.74) is 2.09. The van der Waals surface area contributed by atoms with Crippen molar-refractivity contribution in [2.45, 2.75) is 0 Å². The van der Waals surface area contributed by atoms with Gasteiger partial charge in [0, 0.05) is 24.5 Å². The maximum Gasteiger partial charge on any atom is 0.189 e. The van der Waals surface area contributed by atoms with Gasteiger partial charge in [-0.15, -0.1) is 0 Å². The molecule has 1 aliphatic rings. The fourth-order valence-electron chi connectivity index (χ4n) is 2.14. The molecule has 2 aromatic rings. The van der Waals surface area contributed by atoms with Gasteiger partial charge in [-0.3, -0.25) is 4.79 Å². The molecule has 2 heterocycles. The average molecular weight is 324 g/mol. The number of morpholine rings is 1. The zero-order chi connectivity index (χ0) is 14.7. The van der Waals surface area contributed by atoms with Crippen molar-refractivity contribution in [3.05, 3.63) is 34.3 Å². The highest BCUT2D eigenvalue weighted by Gasteiger charge is 2.11. The third-order valence-electron chi connectivity index (χ3n) is 3.21. The highest BCUT2D eigenvalue weighted by Crippen LogP contribution is 2.28. The number of ether oxygens (including phenoxy) is 1. The number of rotatable bonds is 4. The van der Waals surface area contributed by atoms with Crippen LogP contribution in [-0.2, 0) is 4.74 Å². The van der Waals surface area contributed by atoms with Crippen LogP contribution in [0.1, 0.15) is 9.67 Å². The van der Waals surface area contributed by atoms with Gasteiger partial charge in [-0.1, -0.05) is 22.9 Å². The summed E-state index contributed by atoms with van der Waals surface area (Å²) in [6.45, 7) is 3.37. The van der Waals surface area contributed by atoms with Crippen LogP contribution < -0.4 is 10.2 Å². The summed E-state index contributed by atoms with van der Waals surface area (Å²) in [6, 6.07) is 8.09. The second-order valence-electron chi connectivity index (χ2n) is 4.56. The summed E-state index contributed by atoms with van der Waals surface area (Å²) in [5.74, 6) is 0. The fraction of sp³-hybridized carbons (Fsp3) is 0.286. The van der Waals surface area contributed by atoms with Crippen LogP contribution in [0.5, 0.6) is 0 Å². The van der Waals surface area contributed by atoms with Crippen molar-refractivity contribution in [3.8, 4) is 0 Å². The van der Waals surface area contributed by atoms with Crippen LogP contribution in [-0.4, -0.2) is 37.6 Å². The van der Waals surface area contributed by atoms with Crippen molar-refractivity contribution in [2.24, 2.45) is 0 Å². The Kier molecular flexibility index (Phi) is 4.38. The second-order valence-corrected chi connectivity index (χ2v) is 5.95. The van der Waals surface area contributed by atoms with E-state index in [2.05, 4.69) is 27.3 Å². The molecule has 0 aliphatic carbocycles. The molecule has 0 saturated carbocycles. The number of aldehydes is 1. The Balaban J connectivity index is 1.70. The number of nitrogens with zero attached hydrogens (tertiary/aromatic N) is 2. The highest BCUT2D eigenvalue weighted by atomic mass is 35.5. The van der Waals surface area contributed by atoms with Gasteiger partial charge in [-0.2, -0.15) is 0 Å². The largest absolute Gasteiger partial charge is 0.378 e. The Morgan fingerprint density at radius 3 is 2.62 bits per heavy atom. The molecular weight excluding hydrogens is 310 g/mol. The SMILES string of the molecule is O=Cc1sc(Nc2ccc(N3CCOCC3)cc2)nc1Cl. The minimum Gasteiger partial charge on any atom is -0.378 e. The van der Waals surface area contributed by atoms with Crippen molar-refractivity contribution < 1.29 is 9.53 Å². The van der Waals surface area contributed by atoms with Gasteiger partial charge in [0.25, 0.3) is 0 Å². The van der Waals surface area contributed by atoms with Crippen LogP contribution in [0.15, 0.2) is 24.3 Å². The number of halogens is 1. The van der Waals surface area contributed by atoms with Gasteiger partial charge in [0.05, 0.1) is 13.2 Å². The van der Waals surface area contributed by atoms with Gasteiger partial charge < -0.3 is 15.0 Å². The van der Waals surface area contributed by atoms with Crippen LogP contribution >= 0.6 is 22.9 Å². The zero-order valence-corrected chi connectivity index (χ0v) is 12.8. The Bertz CT molecular complexity index is 624. The van der Waals surface area contributed by atoms with E-state index in [9.17, 15) is 4.79 Å². The van der Waals surface area contributed by atoms with E-state index in [1.54, 1.807) is 0 Å². The minimum atomic E-state index is 0.238. The van der Waals surface area contributed by atoms with E-state index in [0.717, 1.165) is 32.0 Å². The Morgan fingerprint density at radius 2 is 2.00 bits per heavy atom. The number of anilines is 3. The summed E-state index contributed by atoms with van der Waals surface area (Å²) < 4.78 is 5.35. The van der Waals surface area contributed by atoms with Gasteiger partial charge in [0.2, 0.25) is 0 Å². The quantitative estimate of drug-likeness (QED) is 0.876. The molecule has 1 saturated heterocycles. The van der Waals surface area contributed by atoms with Crippen LogP contribution in [0.2, 0.25) is 5.15 Å². The molecule has 1 N–H and O–H groups in total. The number of nitrogens with one attached hydrogen (secondary N) is 1. The topological polar surface area (TPSA) is 54.5 Å². The lowest BCUT2D eigenvalue weighted by molar-refractivity contribution is 0.112. The molecule has 5 nitrogen and oxygen atoms in total. The summed E-state index contributed by atoms with van der Waals surface area (Å²) >= 11 is 7.09. The van der Waals surface area contributed by atoms with E-state index in [0.29, 0.717) is 16.3 Å². The van der Waals surface area contributed by atoms with Gasteiger partial charge in [0.15, 0.2) is 16.6 Å². The Hall–Kier alpha value is -1.63. The first kappa shape index (κ1) is 14.3. The number of carbonyl (C=O) groups excluding carboxylic acids is 1. The molecule has 0 atom stereocenters. The summed E-state index contributed by atoms with van der Waals surface area (Å²) in [7, 11) is 0. The minimum absolute atomic E-state index is 0.238. The normalized spacial score (nSPS) is 15.0. The lowest BCUT2D eigenvalue weighted by Crippen LogP contribution is -2.36. The lowest BCUT2D eigenvalue weighted by Gasteiger charge is -2.28. The van der Waals surface area contributed by atoms with Crippen molar-refractivity contribution >= 4 is 45.7 Å². The van der Waals surface area contributed by atoms with E-state index in [-0.39, 0.29) is 5.15 Å². The van der Waals surface area contributed by atoms with Gasteiger partial charge in [0.1, 0.15) is 4.88 Å². The molecule has 1 aliphatic heterocycles. The van der Waals surface area contributed by atoms with Gasteiger partial charge in [-0.05, 0) is 24.3 Å². The summed E-state index contributed by atoms with van der Waals surface area (Å²) in [5, 5.41) is 4.00. The lowest BCUT2D eigenvalue weighted by atomic mass is 10.2. The van der Waals surface area contributed by atoms with Crippen LogP contribution in [0.4, 0.5) is 16.5 Å². The molecule has 1 aromatic carbocycles. The van der Waals surface area contributed by atoms with E-state index in [1.165, 1.54) is 17.0 Å². The highest BCUT2D eigenvalue weighted by molar-refractivity contribution is 7.17. The molecule has 0 spiro atoms. The predicted octanol–water partition coefficient (Wildman–Crippen LogP) is 3.19. The maximum absolute atomic E-state index is 10.8. The van der Waals surface area contributed by atoms with Crippen molar-refractivity contribution in [3.63, 3.8) is 0 Å². The van der Waals surface area contributed by atoms with Crippen molar-refractivity contribution in [1.29, 1.82) is 0 Å². The molecule has 1 fully saturated rings. The van der Waals surface area contributed by atoms with Crippen LogP contribution in [0.25, 0.3) is 0 Å². The molecule has 0 unspecified atom stereocenters. The van der Waals surface area contributed by atoms with Crippen molar-refractivity contribution in [2.75, 3.05) is 36.5 Å². The molecule has 3 rings (SSSR count). The molecular formula is C14H14ClN3O2S. The third kappa shape index (κ3) is 3.34. The molecule has 7 heteroatoms. The smallest absolute Gasteiger partial charge is 0.189 e. The first-order valence-electron chi connectivity index (χ1n) is 6.57. The number of benzene rings is 1. The second kappa shape index (κ2) is 6.43. The molecule has 0 amide bonds. The maximum atomic E-state index is 10.8. The summed E-state index contributed by atoms with van der Waals surface area (Å²) in [4.78, 5) is 17.6. The number of carbonyl (C=O) groups is 1. The van der Waals surface area contributed by atoms with E-state index < -0.39 is 0 Å². The monoisotopic (exact) mass is 323 g/mol. The molecule has 110 valence electrons. The molecule has 0 bridgehead atoms. The van der Waals surface area contributed by atoms with Crippen LogP contribution in [0.3, 0.4) is 0 Å². The number of hydrogen-bond donors (Lipinski definition) is 1. The predicted molar refractivity (Wildman–Crippen MR) is 85.3 cm³/mol. The Morgan fingerprint density at radius 1 is 1.29 bits per heavy atom. The van der Waals surface area contributed by atoms with Gasteiger partial charge >= 0.3 is 0 Å². The number of aromatic nitrogens is 1. The fourth-order valence-corrected chi connectivity index (χ4v) is 3.13. The number of hydrogen-bond acceptors (Lipinski definition) is 6. The number of thiazole rings is 1. The first-order chi connectivity index (χ1) is 10.3. The van der Waals surface area contributed by atoms with Crippen LogP contribution in [0, 0.1) is 0 Å². The third-order valence-corrected chi connectivity index (χ3v) is 4.51. The van der Waals surface area contributed by atoms with Crippen molar-refractivity contribution in [1.82, 2.24) is 4.98 Å².